The van der Waals surface area contributed by atoms with E-state index in [1.54, 1.807) is 30.5 Å². The molecule has 0 fully saturated rings. The molecular weight excluding hydrogens is 266 g/mol. The number of aromatic nitrogens is 4. The predicted octanol–water partition coefficient (Wildman–Crippen LogP) is 0.439. The Morgan fingerprint density at radius 3 is 2.68 bits per heavy atom. The summed E-state index contributed by atoms with van der Waals surface area (Å²) in [5, 5.41) is 9.37. The van der Waals surface area contributed by atoms with E-state index in [9.17, 15) is 8.42 Å². The van der Waals surface area contributed by atoms with E-state index in [2.05, 4.69) is 15.1 Å². The molecule has 0 atom stereocenters. The molecule has 2 heterocycles. The standard InChI is InChI=1S/C11H9N5O2S/c12-19(17,18)9-4-2-1-3-8(9)11-14-10-5-6-13-7-16(10)15-11/h1-7H,(H2,12,17,18). The fraction of sp³-hybridized carbons (Fsp3) is 0. The van der Waals surface area contributed by atoms with Gasteiger partial charge in [-0.1, -0.05) is 12.1 Å². The summed E-state index contributed by atoms with van der Waals surface area (Å²) in [5.74, 6) is 0.289. The van der Waals surface area contributed by atoms with Gasteiger partial charge < -0.3 is 0 Å². The molecule has 0 bridgehead atoms. The molecule has 0 aliphatic heterocycles. The first-order valence-corrected chi connectivity index (χ1v) is 6.89. The van der Waals surface area contributed by atoms with Gasteiger partial charge in [-0.15, -0.1) is 5.10 Å². The molecule has 3 rings (SSSR count). The lowest BCUT2D eigenvalue weighted by atomic mass is 10.2. The maximum absolute atomic E-state index is 11.5. The Hall–Kier alpha value is -2.32. The zero-order valence-electron chi connectivity index (χ0n) is 9.63. The number of fused-ring (bicyclic) bond motifs is 1. The molecule has 96 valence electrons. The van der Waals surface area contributed by atoms with E-state index in [0.717, 1.165) is 0 Å². The van der Waals surface area contributed by atoms with Gasteiger partial charge in [0.05, 0.1) is 4.90 Å². The van der Waals surface area contributed by atoms with Crippen LogP contribution in [-0.4, -0.2) is 28.0 Å². The topological polar surface area (TPSA) is 103 Å². The molecule has 0 radical (unpaired) electrons. The van der Waals surface area contributed by atoms with Gasteiger partial charge in [-0.05, 0) is 12.1 Å². The van der Waals surface area contributed by atoms with Gasteiger partial charge >= 0.3 is 0 Å². The van der Waals surface area contributed by atoms with Gasteiger partial charge in [-0.2, -0.15) is 0 Å². The number of nitrogens with two attached hydrogens (primary N) is 1. The molecule has 8 heteroatoms. The van der Waals surface area contributed by atoms with E-state index in [4.69, 9.17) is 5.14 Å². The molecule has 1 aromatic carbocycles. The van der Waals surface area contributed by atoms with Crippen molar-refractivity contribution in [2.75, 3.05) is 0 Å². The van der Waals surface area contributed by atoms with Crippen LogP contribution in [0.25, 0.3) is 17.0 Å². The van der Waals surface area contributed by atoms with E-state index in [0.29, 0.717) is 11.2 Å². The molecular formula is C11H9N5O2S. The quantitative estimate of drug-likeness (QED) is 0.730. The van der Waals surface area contributed by atoms with Crippen molar-refractivity contribution in [3.63, 3.8) is 0 Å². The number of hydrogen-bond donors (Lipinski definition) is 1. The predicted molar refractivity (Wildman–Crippen MR) is 67.6 cm³/mol. The van der Waals surface area contributed by atoms with Crippen molar-refractivity contribution >= 4 is 15.7 Å². The van der Waals surface area contributed by atoms with Crippen molar-refractivity contribution in [3.05, 3.63) is 42.9 Å². The van der Waals surface area contributed by atoms with Crippen molar-refractivity contribution in [3.8, 4) is 11.4 Å². The highest BCUT2D eigenvalue weighted by molar-refractivity contribution is 7.89. The Labute approximate surface area is 108 Å². The summed E-state index contributed by atoms with van der Waals surface area (Å²) in [6.45, 7) is 0. The maximum Gasteiger partial charge on any atom is 0.238 e. The van der Waals surface area contributed by atoms with Gasteiger partial charge in [0, 0.05) is 17.8 Å². The Balaban J connectivity index is 2.27. The number of hydrogen-bond acceptors (Lipinski definition) is 5. The molecule has 19 heavy (non-hydrogen) atoms. The van der Waals surface area contributed by atoms with Crippen LogP contribution in [0.4, 0.5) is 0 Å². The maximum atomic E-state index is 11.5. The molecule has 0 saturated heterocycles. The summed E-state index contributed by atoms with van der Waals surface area (Å²) >= 11 is 0. The minimum Gasteiger partial charge on any atom is -0.245 e. The summed E-state index contributed by atoms with van der Waals surface area (Å²) < 4.78 is 24.6. The number of nitrogens with zero attached hydrogens (tertiary/aromatic N) is 4. The zero-order valence-corrected chi connectivity index (χ0v) is 10.4. The van der Waals surface area contributed by atoms with Gasteiger partial charge in [-0.3, -0.25) is 0 Å². The van der Waals surface area contributed by atoms with Gasteiger partial charge in [0.25, 0.3) is 0 Å². The van der Waals surface area contributed by atoms with E-state index in [-0.39, 0.29) is 10.7 Å². The van der Waals surface area contributed by atoms with E-state index in [1.165, 1.54) is 16.9 Å². The van der Waals surface area contributed by atoms with Crippen LogP contribution in [0.3, 0.4) is 0 Å². The van der Waals surface area contributed by atoms with Crippen LogP contribution in [-0.2, 0) is 10.0 Å². The normalized spacial score (nSPS) is 11.8. The van der Waals surface area contributed by atoms with Gasteiger partial charge in [0.2, 0.25) is 10.0 Å². The molecule has 7 nitrogen and oxygen atoms in total. The number of sulfonamides is 1. The first kappa shape index (κ1) is 11.8. The van der Waals surface area contributed by atoms with Crippen molar-refractivity contribution in [2.45, 2.75) is 4.90 Å². The molecule has 0 spiro atoms. The molecule has 0 unspecified atom stereocenters. The van der Waals surface area contributed by atoms with Gasteiger partial charge in [-0.25, -0.2) is 28.0 Å². The molecule has 3 aromatic rings. The van der Waals surface area contributed by atoms with Crippen LogP contribution in [0.5, 0.6) is 0 Å². The summed E-state index contributed by atoms with van der Waals surface area (Å²) in [6.07, 6.45) is 3.07. The van der Waals surface area contributed by atoms with Crippen molar-refractivity contribution in [1.82, 2.24) is 19.6 Å². The summed E-state index contributed by atoms with van der Waals surface area (Å²) in [4.78, 5) is 8.16. The second-order valence-corrected chi connectivity index (χ2v) is 5.39. The lowest BCUT2D eigenvalue weighted by Crippen LogP contribution is -2.13. The molecule has 0 aliphatic carbocycles. The first-order valence-electron chi connectivity index (χ1n) is 5.34. The largest absolute Gasteiger partial charge is 0.245 e. The lowest BCUT2D eigenvalue weighted by Gasteiger charge is -2.02. The van der Waals surface area contributed by atoms with Crippen molar-refractivity contribution < 1.29 is 8.42 Å². The molecule has 0 amide bonds. The summed E-state index contributed by atoms with van der Waals surface area (Å²) in [5.41, 5.74) is 0.947. The Morgan fingerprint density at radius 2 is 1.95 bits per heavy atom. The molecule has 0 aliphatic rings. The second kappa shape index (κ2) is 4.11. The third kappa shape index (κ3) is 2.07. The summed E-state index contributed by atoms with van der Waals surface area (Å²) in [6, 6.07) is 8.02. The highest BCUT2D eigenvalue weighted by Gasteiger charge is 2.17. The van der Waals surface area contributed by atoms with Gasteiger partial charge in [0.1, 0.15) is 6.33 Å². The van der Waals surface area contributed by atoms with E-state index < -0.39 is 10.0 Å². The van der Waals surface area contributed by atoms with E-state index >= 15 is 0 Å². The fourth-order valence-corrected chi connectivity index (χ4v) is 2.49. The Kier molecular flexibility index (Phi) is 2.54. The molecule has 2 aromatic heterocycles. The van der Waals surface area contributed by atoms with E-state index in [1.807, 2.05) is 0 Å². The second-order valence-electron chi connectivity index (χ2n) is 3.86. The van der Waals surface area contributed by atoms with Crippen molar-refractivity contribution in [1.29, 1.82) is 0 Å². The van der Waals surface area contributed by atoms with Crippen molar-refractivity contribution in [2.24, 2.45) is 5.14 Å². The van der Waals surface area contributed by atoms with Crippen LogP contribution < -0.4 is 5.14 Å². The first-order chi connectivity index (χ1) is 9.05. The number of benzene rings is 1. The minimum absolute atomic E-state index is 0.00105. The zero-order chi connectivity index (χ0) is 13.5. The van der Waals surface area contributed by atoms with Crippen LogP contribution >= 0.6 is 0 Å². The fourth-order valence-electron chi connectivity index (χ4n) is 1.76. The SMILES string of the molecule is NS(=O)(=O)c1ccccc1-c1nc2ccncn2n1. The van der Waals surface area contributed by atoms with Crippen LogP contribution in [0, 0.1) is 0 Å². The molecule has 2 N–H and O–H groups in total. The number of rotatable bonds is 2. The Bertz CT molecular complexity index is 823. The number of primary sulfonamides is 1. The average Bonchev–Trinajstić information content (AvgIpc) is 2.81. The van der Waals surface area contributed by atoms with Gasteiger partial charge in [0.15, 0.2) is 11.5 Å². The van der Waals surface area contributed by atoms with Crippen LogP contribution in [0.2, 0.25) is 0 Å². The third-order valence-corrected chi connectivity index (χ3v) is 3.55. The Morgan fingerprint density at radius 1 is 1.16 bits per heavy atom. The van der Waals surface area contributed by atoms with Crippen LogP contribution in [0.1, 0.15) is 0 Å². The highest BCUT2D eigenvalue weighted by atomic mass is 32.2. The minimum atomic E-state index is -3.82. The smallest absolute Gasteiger partial charge is 0.238 e. The summed E-state index contributed by atoms with van der Waals surface area (Å²) in [7, 11) is -3.82. The molecule has 0 saturated carbocycles. The highest BCUT2D eigenvalue weighted by Crippen LogP contribution is 2.23. The average molecular weight is 275 g/mol. The van der Waals surface area contributed by atoms with Crippen LogP contribution in [0.15, 0.2) is 47.8 Å². The monoisotopic (exact) mass is 275 g/mol. The third-order valence-electron chi connectivity index (χ3n) is 2.58. The lowest BCUT2D eigenvalue weighted by molar-refractivity contribution is 0.598.